The predicted molar refractivity (Wildman–Crippen MR) is 77.5 cm³/mol. The van der Waals surface area contributed by atoms with Crippen LogP contribution < -0.4 is 5.32 Å². The molecule has 0 aromatic heterocycles. The monoisotopic (exact) mass is 284 g/mol. The molecule has 0 bridgehead atoms. The van der Waals surface area contributed by atoms with Gasteiger partial charge < -0.3 is 20.1 Å². The zero-order valence-electron chi connectivity index (χ0n) is 13.4. The summed E-state index contributed by atoms with van der Waals surface area (Å²) in [4.78, 5) is 13.8. The first kappa shape index (κ1) is 15.6. The highest BCUT2D eigenvalue weighted by Gasteiger charge is 2.57. The lowest BCUT2D eigenvalue weighted by molar-refractivity contribution is 0.0247. The summed E-state index contributed by atoms with van der Waals surface area (Å²) in [6, 6.07) is 0.475. The largest absolute Gasteiger partial charge is 0.444 e. The van der Waals surface area contributed by atoms with Gasteiger partial charge >= 0.3 is 6.09 Å². The Hall–Kier alpha value is -0.810. The first-order valence-electron chi connectivity index (χ1n) is 7.45. The molecular weight excluding hydrogens is 256 g/mol. The van der Waals surface area contributed by atoms with Crippen LogP contribution in [0.25, 0.3) is 0 Å². The number of carbonyl (C=O) groups is 1. The van der Waals surface area contributed by atoms with Crippen molar-refractivity contribution in [1.82, 2.24) is 10.2 Å². The van der Waals surface area contributed by atoms with Crippen molar-refractivity contribution in [3.05, 3.63) is 0 Å². The van der Waals surface area contributed by atoms with Crippen LogP contribution in [0.1, 0.15) is 41.5 Å². The highest BCUT2D eigenvalue weighted by Crippen LogP contribution is 2.46. The van der Waals surface area contributed by atoms with E-state index in [1.807, 2.05) is 41.5 Å². The van der Waals surface area contributed by atoms with Crippen LogP contribution in [-0.4, -0.2) is 52.5 Å². The van der Waals surface area contributed by atoms with Crippen molar-refractivity contribution >= 4 is 6.09 Å². The molecule has 1 aliphatic carbocycles. The van der Waals surface area contributed by atoms with Crippen molar-refractivity contribution in [3.8, 4) is 0 Å². The third-order valence-electron chi connectivity index (χ3n) is 4.35. The van der Waals surface area contributed by atoms with Gasteiger partial charge in [-0.2, -0.15) is 0 Å². The molecule has 116 valence electrons. The molecule has 20 heavy (non-hydrogen) atoms. The molecule has 2 aliphatic rings. The quantitative estimate of drug-likeness (QED) is 0.826. The van der Waals surface area contributed by atoms with Crippen LogP contribution in [0.4, 0.5) is 4.79 Å². The van der Waals surface area contributed by atoms with Gasteiger partial charge in [-0.25, -0.2) is 4.79 Å². The summed E-state index contributed by atoms with van der Waals surface area (Å²) in [5.74, 6) is 1.01. The fraction of sp³-hybridized carbons (Fsp3) is 0.933. The Bertz CT molecular complexity index is 372. The van der Waals surface area contributed by atoms with E-state index in [0.717, 1.165) is 13.1 Å². The number of amides is 1. The van der Waals surface area contributed by atoms with Crippen LogP contribution >= 0.6 is 0 Å². The van der Waals surface area contributed by atoms with Crippen LogP contribution in [0.15, 0.2) is 0 Å². The van der Waals surface area contributed by atoms with Gasteiger partial charge in [-0.15, -0.1) is 0 Å². The summed E-state index contributed by atoms with van der Waals surface area (Å²) < 4.78 is 5.39. The summed E-state index contributed by atoms with van der Waals surface area (Å²) in [6.07, 6.45) is -0.209. The van der Waals surface area contributed by atoms with Gasteiger partial charge in [0.05, 0.1) is 5.60 Å². The lowest BCUT2D eigenvalue weighted by Gasteiger charge is -2.29. The SMILES string of the molecule is CC(NC1C2CN(C(=O)OC(C)(C)C)CC21)C(C)(C)O. The number of ether oxygens (including phenoxy) is 1. The fourth-order valence-corrected chi connectivity index (χ4v) is 2.74. The second-order valence-corrected chi connectivity index (χ2v) is 7.78. The number of piperidine rings is 1. The summed E-state index contributed by atoms with van der Waals surface area (Å²) in [6.45, 7) is 12.8. The number of rotatable bonds is 3. The summed E-state index contributed by atoms with van der Waals surface area (Å²) in [7, 11) is 0. The van der Waals surface area contributed by atoms with Gasteiger partial charge in [0.15, 0.2) is 0 Å². The highest BCUT2D eigenvalue weighted by atomic mass is 16.6. The maximum absolute atomic E-state index is 12.0. The second-order valence-electron chi connectivity index (χ2n) is 7.78. The number of carbonyl (C=O) groups excluding carboxylic acids is 1. The average Bonchev–Trinajstić information content (AvgIpc) is 2.70. The summed E-state index contributed by atoms with van der Waals surface area (Å²) in [5.41, 5.74) is -1.15. The third kappa shape index (κ3) is 3.44. The molecule has 1 amide bonds. The first-order chi connectivity index (χ1) is 8.99. The van der Waals surface area contributed by atoms with E-state index in [-0.39, 0.29) is 12.1 Å². The van der Waals surface area contributed by atoms with E-state index in [9.17, 15) is 9.90 Å². The van der Waals surface area contributed by atoms with E-state index < -0.39 is 11.2 Å². The predicted octanol–water partition coefficient (Wildman–Crippen LogP) is 1.60. The van der Waals surface area contributed by atoms with Crippen molar-refractivity contribution in [3.63, 3.8) is 0 Å². The maximum atomic E-state index is 12.0. The number of hydrogen-bond donors (Lipinski definition) is 2. The lowest BCUT2D eigenvalue weighted by atomic mass is 10.0. The van der Waals surface area contributed by atoms with Crippen LogP contribution in [0.2, 0.25) is 0 Å². The Kier molecular flexibility index (Phi) is 3.80. The molecule has 0 radical (unpaired) electrons. The topological polar surface area (TPSA) is 61.8 Å². The number of likely N-dealkylation sites (tertiary alicyclic amines) is 1. The van der Waals surface area contributed by atoms with E-state index in [2.05, 4.69) is 5.32 Å². The van der Waals surface area contributed by atoms with Gasteiger partial charge in [0.1, 0.15) is 5.60 Å². The molecule has 0 aromatic rings. The van der Waals surface area contributed by atoms with E-state index in [0.29, 0.717) is 17.9 Å². The minimum Gasteiger partial charge on any atom is -0.444 e. The summed E-state index contributed by atoms with van der Waals surface area (Å²) >= 11 is 0. The third-order valence-corrected chi connectivity index (χ3v) is 4.35. The smallest absolute Gasteiger partial charge is 0.410 e. The molecule has 3 atom stereocenters. The molecule has 3 unspecified atom stereocenters. The number of fused-ring (bicyclic) bond motifs is 1. The Morgan fingerprint density at radius 1 is 1.25 bits per heavy atom. The Labute approximate surface area is 121 Å². The number of nitrogens with zero attached hydrogens (tertiary/aromatic N) is 1. The lowest BCUT2D eigenvalue weighted by Crippen LogP contribution is -2.48. The molecule has 0 spiro atoms. The molecule has 5 heteroatoms. The van der Waals surface area contributed by atoms with E-state index >= 15 is 0 Å². The molecule has 2 rings (SSSR count). The molecule has 1 saturated carbocycles. The highest BCUT2D eigenvalue weighted by molar-refractivity contribution is 5.69. The average molecular weight is 284 g/mol. The number of hydrogen-bond acceptors (Lipinski definition) is 4. The van der Waals surface area contributed by atoms with Crippen molar-refractivity contribution in [2.75, 3.05) is 13.1 Å². The van der Waals surface area contributed by atoms with Gasteiger partial charge in [-0.3, -0.25) is 0 Å². The molecule has 1 heterocycles. The first-order valence-corrected chi connectivity index (χ1v) is 7.45. The Morgan fingerprint density at radius 3 is 2.15 bits per heavy atom. The fourth-order valence-electron chi connectivity index (χ4n) is 2.74. The standard InChI is InChI=1S/C15H28N2O3/c1-9(15(5,6)19)16-12-10-7-17(8-11(10)12)13(18)20-14(2,3)4/h9-12,16,19H,7-8H2,1-6H3. The van der Waals surface area contributed by atoms with Crippen LogP contribution in [-0.2, 0) is 4.74 Å². The van der Waals surface area contributed by atoms with E-state index in [4.69, 9.17) is 4.74 Å². The second kappa shape index (κ2) is 4.88. The zero-order valence-corrected chi connectivity index (χ0v) is 13.4. The molecular formula is C15H28N2O3. The van der Waals surface area contributed by atoms with Gasteiger partial charge in [-0.05, 0) is 53.4 Å². The van der Waals surface area contributed by atoms with Crippen molar-refractivity contribution < 1.29 is 14.6 Å². The van der Waals surface area contributed by atoms with E-state index in [1.54, 1.807) is 4.90 Å². The van der Waals surface area contributed by atoms with Gasteiger partial charge in [-0.1, -0.05) is 0 Å². The summed E-state index contributed by atoms with van der Waals surface area (Å²) in [5, 5.41) is 13.4. The number of aliphatic hydroxyl groups is 1. The van der Waals surface area contributed by atoms with Crippen molar-refractivity contribution in [1.29, 1.82) is 0 Å². The Balaban J connectivity index is 1.78. The normalized spacial score (nSPS) is 30.9. The minimum atomic E-state index is -0.720. The van der Waals surface area contributed by atoms with Gasteiger partial charge in [0.2, 0.25) is 0 Å². The van der Waals surface area contributed by atoms with E-state index in [1.165, 1.54) is 0 Å². The van der Waals surface area contributed by atoms with Crippen molar-refractivity contribution in [2.24, 2.45) is 11.8 Å². The zero-order chi connectivity index (χ0) is 15.3. The van der Waals surface area contributed by atoms with Gasteiger partial charge in [0.25, 0.3) is 0 Å². The van der Waals surface area contributed by atoms with Gasteiger partial charge in [0, 0.05) is 25.2 Å². The molecule has 5 nitrogen and oxygen atoms in total. The molecule has 2 N–H and O–H groups in total. The van der Waals surface area contributed by atoms with Crippen LogP contribution in [0, 0.1) is 11.8 Å². The minimum absolute atomic E-state index is 0.0491. The number of nitrogens with one attached hydrogen (secondary N) is 1. The van der Waals surface area contributed by atoms with Crippen LogP contribution in [0.5, 0.6) is 0 Å². The van der Waals surface area contributed by atoms with Crippen LogP contribution in [0.3, 0.4) is 0 Å². The van der Waals surface area contributed by atoms with Crippen molar-refractivity contribution in [2.45, 2.75) is 64.8 Å². The molecule has 1 saturated heterocycles. The Morgan fingerprint density at radius 2 is 1.75 bits per heavy atom. The molecule has 1 aliphatic heterocycles. The molecule has 2 fully saturated rings. The maximum Gasteiger partial charge on any atom is 0.410 e. The molecule has 0 aromatic carbocycles.